The van der Waals surface area contributed by atoms with Crippen LogP contribution in [0.3, 0.4) is 0 Å². The van der Waals surface area contributed by atoms with Gasteiger partial charge in [0, 0.05) is 22.0 Å². The topological polar surface area (TPSA) is 138 Å². The van der Waals surface area contributed by atoms with E-state index in [1.165, 1.54) is 17.8 Å². The van der Waals surface area contributed by atoms with Crippen LogP contribution in [0.25, 0.3) is 11.1 Å². The number of carbonyl (C=O) groups is 3. The van der Waals surface area contributed by atoms with Crippen LogP contribution in [0.5, 0.6) is 0 Å². The van der Waals surface area contributed by atoms with Crippen molar-refractivity contribution in [3.05, 3.63) is 79.6 Å². The third-order valence-corrected chi connectivity index (χ3v) is 7.71. The fraction of sp³-hybridized carbons (Fsp3) is 0.250. The van der Waals surface area contributed by atoms with Gasteiger partial charge in [-0.3, -0.25) is 19.4 Å². The number of nitrogens with zero attached hydrogens (tertiary/aromatic N) is 1. The van der Waals surface area contributed by atoms with Gasteiger partial charge in [-0.2, -0.15) is 0 Å². The van der Waals surface area contributed by atoms with Crippen molar-refractivity contribution in [2.75, 3.05) is 13.1 Å². The first kappa shape index (κ1) is 23.3. The molecule has 9 nitrogen and oxygen atoms in total. The molecule has 35 heavy (non-hydrogen) atoms. The fourth-order valence-corrected chi connectivity index (χ4v) is 6.13. The molecule has 3 heterocycles. The molecule has 0 saturated carbocycles. The van der Waals surface area contributed by atoms with E-state index >= 15 is 0 Å². The van der Waals surface area contributed by atoms with E-state index in [4.69, 9.17) is 21.8 Å². The van der Waals surface area contributed by atoms with Crippen LogP contribution in [0.1, 0.15) is 22.3 Å². The summed E-state index contributed by atoms with van der Waals surface area (Å²) < 4.78 is 5.06. The number of oxazole rings is 1. The number of rotatable bonds is 5. The third kappa shape index (κ3) is 4.71. The summed E-state index contributed by atoms with van der Waals surface area (Å²) in [7, 11) is 0. The number of hydrogen-bond acceptors (Lipinski definition) is 6. The van der Waals surface area contributed by atoms with Gasteiger partial charge < -0.3 is 20.4 Å². The van der Waals surface area contributed by atoms with Gasteiger partial charge in [-0.25, -0.2) is 4.79 Å². The second-order valence-corrected chi connectivity index (χ2v) is 10.1. The van der Waals surface area contributed by atoms with Crippen LogP contribution in [0.2, 0.25) is 5.02 Å². The molecular formula is C24H21ClN4O5S. The molecule has 0 aliphatic carbocycles. The Hall–Kier alpha value is -3.50. The number of carbonyl (C=O) groups excluding carboxylic acids is 3. The van der Waals surface area contributed by atoms with Crippen LogP contribution in [-0.2, 0) is 16.0 Å². The second-order valence-electron chi connectivity index (χ2n) is 8.44. The number of thioether (sulfide) groups is 1. The molecule has 0 saturated heterocycles. The van der Waals surface area contributed by atoms with Crippen molar-refractivity contribution in [2.45, 2.75) is 18.2 Å². The van der Waals surface area contributed by atoms with Gasteiger partial charge in [0.15, 0.2) is 5.58 Å². The van der Waals surface area contributed by atoms with Gasteiger partial charge in [0.05, 0.1) is 29.8 Å². The second kappa shape index (κ2) is 9.27. The Balaban J connectivity index is 1.29. The molecule has 5 rings (SSSR count). The Bertz CT molecular complexity index is 1430. The van der Waals surface area contributed by atoms with Crippen molar-refractivity contribution < 1.29 is 18.8 Å². The first-order valence-corrected chi connectivity index (χ1v) is 12.2. The number of amides is 3. The summed E-state index contributed by atoms with van der Waals surface area (Å²) in [4.78, 5) is 54.6. The lowest BCUT2D eigenvalue weighted by Crippen LogP contribution is -2.43. The lowest BCUT2D eigenvalue weighted by atomic mass is 9.92. The quantitative estimate of drug-likeness (QED) is 0.480. The molecule has 180 valence electrons. The maximum absolute atomic E-state index is 13.1. The summed E-state index contributed by atoms with van der Waals surface area (Å²) in [5.74, 6) is -2.17. The van der Waals surface area contributed by atoms with Gasteiger partial charge in [0.1, 0.15) is 0 Å². The summed E-state index contributed by atoms with van der Waals surface area (Å²) in [6.07, 6.45) is 0.624. The van der Waals surface area contributed by atoms with Crippen molar-refractivity contribution in [3.8, 4) is 0 Å². The number of fused-ring (bicyclic) bond motifs is 1. The molecule has 11 heteroatoms. The molecule has 2 atom stereocenters. The van der Waals surface area contributed by atoms with E-state index in [1.807, 2.05) is 0 Å². The minimum absolute atomic E-state index is 0.146. The molecule has 0 bridgehead atoms. The lowest BCUT2D eigenvalue weighted by Gasteiger charge is -2.29. The van der Waals surface area contributed by atoms with E-state index < -0.39 is 23.0 Å². The zero-order valence-electron chi connectivity index (χ0n) is 18.4. The summed E-state index contributed by atoms with van der Waals surface area (Å²) in [5.41, 5.74) is 8.60. The lowest BCUT2D eigenvalue weighted by molar-refractivity contribution is -0.122. The van der Waals surface area contributed by atoms with Gasteiger partial charge in [0.25, 0.3) is 5.91 Å². The normalized spacial score (nSPS) is 19.6. The summed E-state index contributed by atoms with van der Waals surface area (Å²) >= 11 is 7.26. The van der Waals surface area contributed by atoms with E-state index in [9.17, 15) is 19.2 Å². The molecule has 1 aromatic heterocycles. The summed E-state index contributed by atoms with van der Waals surface area (Å²) in [6.45, 7) is 0.712. The predicted molar refractivity (Wildman–Crippen MR) is 132 cm³/mol. The maximum atomic E-state index is 13.1. The average molecular weight is 513 g/mol. The highest BCUT2D eigenvalue weighted by Crippen LogP contribution is 2.45. The van der Waals surface area contributed by atoms with Gasteiger partial charge in [-0.1, -0.05) is 23.7 Å². The molecule has 4 N–H and O–H groups in total. The van der Waals surface area contributed by atoms with Crippen molar-refractivity contribution in [1.29, 1.82) is 0 Å². The Morgan fingerprint density at radius 1 is 1.20 bits per heavy atom. The number of nitrogens with two attached hydrogens (primary N) is 1. The SMILES string of the molecule is NC(=O)C1C2=C(CN(C(=O)c3ccc4[nH]c(=O)oc4c3)CC2)SC1NC(=O)Cc1ccc(Cl)cc1. The van der Waals surface area contributed by atoms with E-state index in [0.717, 1.165) is 16.0 Å². The van der Waals surface area contributed by atoms with Crippen molar-refractivity contribution in [3.63, 3.8) is 0 Å². The number of aromatic amines is 1. The monoisotopic (exact) mass is 512 g/mol. The number of halogens is 1. The Labute approximate surface area is 208 Å². The van der Waals surface area contributed by atoms with Crippen LogP contribution in [0, 0.1) is 5.92 Å². The van der Waals surface area contributed by atoms with Gasteiger partial charge in [-0.15, -0.1) is 11.8 Å². The highest BCUT2D eigenvalue weighted by atomic mass is 35.5. The number of hydrogen-bond donors (Lipinski definition) is 3. The Kier molecular flexibility index (Phi) is 6.16. The molecule has 3 amide bonds. The van der Waals surface area contributed by atoms with E-state index in [2.05, 4.69) is 10.3 Å². The molecular weight excluding hydrogens is 492 g/mol. The van der Waals surface area contributed by atoms with Gasteiger partial charge in [-0.05, 0) is 47.9 Å². The number of H-pyrrole nitrogens is 1. The van der Waals surface area contributed by atoms with Crippen molar-refractivity contribution in [1.82, 2.24) is 15.2 Å². The van der Waals surface area contributed by atoms with Gasteiger partial charge >= 0.3 is 5.76 Å². The van der Waals surface area contributed by atoms with Crippen LogP contribution < -0.4 is 16.8 Å². The molecule has 0 fully saturated rings. The zero-order valence-corrected chi connectivity index (χ0v) is 19.9. The summed E-state index contributed by atoms with van der Waals surface area (Å²) in [5, 5.41) is 2.98. The molecule has 2 aliphatic rings. The fourth-order valence-electron chi connectivity index (χ4n) is 4.46. The highest BCUT2D eigenvalue weighted by Gasteiger charge is 2.42. The number of primary amides is 1. The van der Waals surface area contributed by atoms with Gasteiger partial charge in [0.2, 0.25) is 11.8 Å². The highest BCUT2D eigenvalue weighted by molar-refractivity contribution is 8.04. The standard InChI is InChI=1S/C24H21ClN4O5S/c25-14-4-1-12(2-5-14)9-19(30)28-22-20(21(26)31)15-7-8-29(11-18(15)35-22)23(32)13-3-6-16-17(10-13)34-24(33)27-16/h1-6,10,20,22H,7-9,11H2,(H2,26,31)(H,27,33)(H,28,30). The number of nitrogens with one attached hydrogen (secondary N) is 2. The minimum Gasteiger partial charge on any atom is -0.408 e. The zero-order chi connectivity index (χ0) is 24.7. The third-order valence-electron chi connectivity index (χ3n) is 6.13. The smallest absolute Gasteiger partial charge is 0.408 e. The van der Waals surface area contributed by atoms with Crippen molar-refractivity contribution >= 4 is 52.2 Å². The molecule has 2 unspecified atom stereocenters. The molecule has 2 aliphatic heterocycles. The van der Waals surface area contributed by atoms with E-state index in [-0.39, 0.29) is 18.2 Å². The Morgan fingerprint density at radius 2 is 1.97 bits per heavy atom. The van der Waals surface area contributed by atoms with Crippen LogP contribution in [-0.4, -0.2) is 46.1 Å². The molecule has 2 aromatic carbocycles. The van der Waals surface area contributed by atoms with Crippen LogP contribution in [0.15, 0.2) is 62.2 Å². The maximum Gasteiger partial charge on any atom is 0.417 e. The first-order valence-electron chi connectivity index (χ1n) is 10.9. The number of benzene rings is 2. The minimum atomic E-state index is -0.632. The average Bonchev–Trinajstić information content (AvgIpc) is 3.37. The molecule has 0 spiro atoms. The predicted octanol–water partition coefficient (Wildman–Crippen LogP) is 2.41. The van der Waals surface area contributed by atoms with E-state index in [1.54, 1.807) is 41.3 Å². The molecule has 3 aromatic rings. The van der Waals surface area contributed by atoms with Crippen LogP contribution >= 0.6 is 23.4 Å². The first-order chi connectivity index (χ1) is 16.8. The van der Waals surface area contributed by atoms with E-state index in [0.29, 0.717) is 41.2 Å². The van der Waals surface area contributed by atoms with Crippen molar-refractivity contribution in [2.24, 2.45) is 11.7 Å². The summed E-state index contributed by atoms with van der Waals surface area (Å²) in [6, 6.07) is 11.8. The van der Waals surface area contributed by atoms with Crippen LogP contribution in [0.4, 0.5) is 0 Å². The number of aromatic nitrogens is 1. The largest absolute Gasteiger partial charge is 0.417 e. The Morgan fingerprint density at radius 3 is 2.71 bits per heavy atom. The molecule has 0 radical (unpaired) electrons.